The second-order valence-corrected chi connectivity index (χ2v) is 10.5. The largest absolute Gasteiger partial charge is 0.494 e. The zero-order valence-electron chi connectivity index (χ0n) is 16.0. The maximum Gasteiger partial charge on any atom is 0.243 e. The van der Waals surface area contributed by atoms with Crippen LogP contribution in [0.2, 0.25) is 0 Å². The van der Waals surface area contributed by atoms with Crippen molar-refractivity contribution in [2.75, 3.05) is 32.8 Å². The van der Waals surface area contributed by atoms with E-state index >= 15 is 0 Å². The second kappa shape index (κ2) is 8.78. The summed E-state index contributed by atoms with van der Waals surface area (Å²) >= 11 is 0. The standard InChI is InChI=1S/C19H23FN2O5S2/c1-2-27-18-6-8-19(9-7-18)29(25,26)22-12-10-21(11-13-22)28(23,24)15-16-4-3-5-17(20)14-16/h3-9,14H,2,10-13,15H2,1H3. The van der Waals surface area contributed by atoms with Crippen molar-refractivity contribution in [2.24, 2.45) is 0 Å². The van der Waals surface area contributed by atoms with Crippen LogP contribution in [0.25, 0.3) is 0 Å². The molecule has 0 N–H and O–H groups in total. The Morgan fingerprint density at radius 1 is 0.931 bits per heavy atom. The Morgan fingerprint density at radius 3 is 2.14 bits per heavy atom. The molecule has 1 saturated heterocycles. The van der Waals surface area contributed by atoms with Crippen molar-refractivity contribution in [1.82, 2.24) is 8.61 Å². The van der Waals surface area contributed by atoms with E-state index in [1.807, 2.05) is 6.92 Å². The van der Waals surface area contributed by atoms with E-state index in [-0.39, 0.29) is 36.8 Å². The van der Waals surface area contributed by atoms with Crippen LogP contribution >= 0.6 is 0 Å². The lowest BCUT2D eigenvalue weighted by Crippen LogP contribution is -2.50. The Bertz CT molecular complexity index is 1050. The van der Waals surface area contributed by atoms with Crippen molar-refractivity contribution in [2.45, 2.75) is 17.6 Å². The van der Waals surface area contributed by atoms with E-state index in [2.05, 4.69) is 0 Å². The van der Waals surface area contributed by atoms with Crippen molar-refractivity contribution in [3.63, 3.8) is 0 Å². The van der Waals surface area contributed by atoms with Crippen LogP contribution in [0.15, 0.2) is 53.4 Å². The lowest BCUT2D eigenvalue weighted by molar-refractivity contribution is 0.272. The van der Waals surface area contributed by atoms with E-state index in [1.54, 1.807) is 18.2 Å². The molecule has 0 radical (unpaired) electrons. The molecule has 1 heterocycles. The predicted octanol–water partition coefficient (Wildman–Crippen LogP) is 2.06. The Hall–Kier alpha value is -2.01. The average molecular weight is 443 g/mol. The van der Waals surface area contributed by atoms with Crippen LogP contribution in [0, 0.1) is 5.82 Å². The molecule has 29 heavy (non-hydrogen) atoms. The molecule has 0 atom stereocenters. The number of hydrogen-bond donors (Lipinski definition) is 0. The van der Waals surface area contributed by atoms with E-state index in [0.717, 1.165) is 0 Å². The fraction of sp³-hybridized carbons (Fsp3) is 0.368. The summed E-state index contributed by atoms with van der Waals surface area (Å²) in [5.41, 5.74) is 0.356. The fourth-order valence-electron chi connectivity index (χ4n) is 3.14. The van der Waals surface area contributed by atoms with Gasteiger partial charge in [-0.2, -0.15) is 8.61 Å². The van der Waals surface area contributed by atoms with Gasteiger partial charge in [-0.3, -0.25) is 0 Å². The summed E-state index contributed by atoms with van der Waals surface area (Å²) in [6.45, 7) is 2.53. The summed E-state index contributed by atoms with van der Waals surface area (Å²) in [5, 5.41) is 0. The van der Waals surface area contributed by atoms with Gasteiger partial charge in [-0.15, -0.1) is 0 Å². The molecule has 0 saturated carbocycles. The highest BCUT2D eigenvalue weighted by Crippen LogP contribution is 2.22. The van der Waals surface area contributed by atoms with Crippen molar-refractivity contribution in [1.29, 1.82) is 0 Å². The van der Waals surface area contributed by atoms with E-state index < -0.39 is 25.9 Å². The maximum atomic E-state index is 13.3. The third-order valence-electron chi connectivity index (χ3n) is 4.60. The highest BCUT2D eigenvalue weighted by atomic mass is 32.2. The lowest BCUT2D eigenvalue weighted by Gasteiger charge is -2.33. The summed E-state index contributed by atoms with van der Waals surface area (Å²) in [6, 6.07) is 11.6. The van der Waals surface area contributed by atoms with Gasteiger partial charge in [0, 0.05) is 26.2 Å². The van der Waals surface area contributed by atoms with Crippen LogP contribution in [0.5, 0.6) is 5.75 Å². The monoisotopic (exact) mass is 442 g/mol. The van der Waals surface area contributed by atoms with Crippen molar-refractivity contribution < 1.29 is 26.0 Å². The maximum absolute atomic E-state index is 13.3. The molecule has 10 heteroatoms. The van der Waals surface area contributed by atoms with Crippen LogP contribution in [0.4, 0.5) is 4.39 Å². The normalized spacial score (nSPS) is 16.6. The van der Waals surface area contributed by atoms with Gasteiger partial charge in [-0.1, -0.05) is 12.1 Å². The molecule has 0 aromatic heterocycles. The molecule has 2 aromatic carbocycles. The first-order chi connectivity index (χ1) is 13.7. The molecule has 1 fully saturated rings. The summed E-state index contributed by atoms with van der Waals surface area (Å²) in [7, 11) is -7.39. The average Bonchev–Trinajstić information content (AvgIpc) is 2.68. The van der Waals surface area contributed by atoms with Crippen LogP contribution in [0.3, 0.4) is 0 Å². The van der Waals surface area contributed by atoms with Gasteiger partial charge in [0.25, 0.3) is 0 Å². The number of ether oxygens (including phenoxy) is 1. The molecular weight excluding hydrogens is 419 g/mol. The molecule has 1 aliphatic heterocycles. The lowest BCUT2D eigenvalue weighted by atomic mass is 10.2. The van der Waals surface area contributed by atoms with Crippen molar-refractivity contribution >= 4 is 20.0 Å². The molecule has 7 nitrogen and oxygen atoms in total. The van der Waals surface area contributed by atoms with E-state index in [0.29, 0.717) is 17.9 Å². The summed E-state index contributed by atoms with van der Waals surface area (Å²) in [6.07, 6.45) is 0. The topological polar surface area (TPSA) is 84.0 Å². The smallest absolute Gasteiger partial charge is 0.243 e. The molecule has 0 amide bonds. The number of benzene rings is 2. The van der Waals surface area contributed by atoms with E-state index in [4.69, 9.17) is 4.74 Å². The zero-order chi connectivity index (χ0) is 21.1. The summed E-state index contributed by atoms with van der Waals surface area (Å²) in [5.74, 6) is -0.236. The number of nitrogens with zero attached hydrogens (tertiary/aromatic N) is 2. The van der Waals surface area contributed by atoms with Crippen LogP contribution in [0.1, 0.15) is 12.5 Å². The minimum Gasteiger partial charge on any atom is -0.494 e. The molecule has 1 aliphatic rings. The number of sulfonamides is 2. The molecule has 0 spiro atoms. The third kappa shape index (κ3) is 5.13. The molecule has 158 valence electrons. The highest BCUT2D eigenvalue weighted by molar-refractivity contribution is 7.89. The quantitative estimate of drug-likeness (QED) is 0.655. The van der Waals surface area contributed by atoms with Gasteiger partial charge >= 0.3 is 0 Å². The van der Waals surface area contributed by atoms with Gasteiger partial charge in [0.15, 0.2) is 0 Å². The van der Waals surface area contributed by atoms with Gasteiger partial charge in [0.05, 0.1) is 17.3 Å². The molecule has 0 aliphatic carbocycles. The minimum absolute atomic E-state index is 0.0495. The predicted molar refractivity (Wildman–Crippen MR) is 107 cm³/mol. The number of rotatable bonds is 7. The first-order valence-electron chi connectivity index (χ1n) is 9.17. The molecule has 0 unspecified atom stereocenters. The van der Waals surface area contributed by atoms with Crippen LogP contribution in [-0.4, -0.2) is 58.2 Å². The van der Waals surface area contributed by atoms with Crippen LogP contribution < -0.4 is 4.74 Å². The van der Waals surface area contributed by atoms with Crippen LogP contribution in [-0.2, 0) is 25.8 Å². The van der Waals surface area contributed by atoms with Gasteiger partial charge in [0.2, 0.25) is 20.0 Å². The number of piperazine rings is 1. The first-order valence-corrected chi connectivity index (χ1v) is 12.2. The Morgan fingerprint density at radius 2 is 1.55 bits per heavy atom. The zero-order valence-corrected chi connectivity index (χ0v) is 17.6. The minimum atomic E-state index is -3.72. The Labute approximate surface area is 170 Å². The SMILES string of the molecule is CCOc1ccc(S(=O)(=O)N2CCN(S(=O)(=O)Cc3cccc(F)c3)CC2)cc1. The number of halogens is 1. The van der Waals surface area contributed by atoms with E-state index in [9.17, 15) is 21.2 Å². The summed E-state index contributed by atoms with van der Waals surface area (Å²) in [4.78, 5) is 0.136. The fourth-order valence-corrected chi connectivity index (χ4v) is 6.07. The molecule has 2 aromatic rings. The molecule has 0 bridgehead atoms. The molecule has 3 rings (SSSR count). The van der Waals surface area contributed by atoms with Gasteiger partial charge in [-0.25, -0.2) is 21.2 Å². The number of hydrogen-bond acceptors (Lipinski definition) is 5. The Kier molecular flexibility index (Phi) is 6.57. The molecular formula is C19H23FN2O5S2. The van der Waals surface area contributed by atoms with Crippen molar-refractivity contribution in [3.05, 3.63) is 59.9 Å². The first kappa shape index (κ1) is 21.7. The Balaban J connectivity index is 1.66. The third-order valence-corrected chi connectivity index (χ3v) is 8.36. The summed E-state index contributed by atoms with van der Waals surface area (Å²) < 4.78 is 72.0. The van der Waals surface area contributed by atoms with Gasteiger partial charge < -0.3 is 4.74 Å². The van der Waals surface area contributed by atoms with Crippen molar-refractivity contribution in [3.8, 4) is 5.75 Å². The second-order valence-electron chi connectivity index (χ2n) is 6.59. The van der Waals surface area contributed by atoms with E-state index in [1.165, 1.54) is 38.9 Å². The van der Waals surface area contributed by atoms with Gasteiger partial charge in [0.1, 0.15) is 11.6 Å². The highest BCUT2D eigenvalue weighted by Gasteiger charge is 2.33. The van der Waals surface area contributed by atoms with Gasteiger partial charge in [-0.05, 0) is 48.9 Å².